The highest BCUT2D eigenvalue weighted by molar-refractivity contribution is 5.96. The van der Waals surface area contributed by atoms with E-state index >= 15 is 0 Å². The predicted octanol–water partition coefficient (Wildman–Crippen LogP) is 1.98. The normalized spacial score (nSPS) is 16.1. The number of primary amides is 1. The molecule has 1 aromatic heterocycles. The summed E-state index contributed by atoms with van der Waals surface area (Å²) in [5.74, 6) is 0.319. The maximum atomic E-state index is 12.3. The monoisotopic (exact) mass is 440 g/mol. The lowest BCUT2D eigenvalue weighted by Gasteiger charge is -2.33. The summed E-state index contributed by atoms with van der Waals surface area (Å²) in [4.78, 5) is 30.5. The average molecular weight is 441 g/mol. The fourth-order valence-corrected chi connectivity index (χ4v) is 3.64. The van der Waals surface area contributed by atoms with Gasteiger partial charge in [0.15, 0.2) is 11.5 Å². The molecule has 172 valence electrons. The largest absolute Gasteiger partial charge is 0.364 e. The molecule has 0 radical (unpaired) electrons. The number of rotatable bonds is 9. The van der Waals surface area contributed by atoms with Crippen LogP contribution in [0, 0.1) is 0 Å². The van der Waals surface area contributed by atoms with E-state index < -0.39 is 5.91 Å². The molecule has 1 aliphatic rings. The molecule has 0 bridgehead atoms. The third-order valence-corrected chi connectivity index (χ3v) is 5.46. The Kier molecular flexibility index (Phi) is 7.93. The van der Waals surface area contributed by atoms with Crippen LogP contribution in [0.2, 0.25) is 0 Å². The van der Waals surface area contributed by atoms with Gasteiger partial charge in [-0.1, -0.05) is 26.0 Å². The Hall–Kier alpha value is -3.27. The van der Waals surface area contributed by atoms with Crippen molar-refractivity contribution in [1.82, 2.24) is 20.1 Å². The van der Waals surface area contributed by atoms with Gasteiger partial charge in [-0.25, -0.2) is 0 Å². The van der Waals surface area contributed by atoms with Gasteiger partial charge >= 0.3 is 0 Å². The molecule has 1 atom stereocenters. The molecular weight excluding hydrogens is 408 g/mol. The van der Waals surface area contributed by atoms with Crippen LogP contribution < -0.4 is 22.1 Å². The summed E-state index contributed by atoms with van der Waals surface area (Å²) in [5.41, 5.74) is 12.9. The van der Waals surface area contributed by atoms with E-state index in [1.807, 2.05) is 29.2 Å². The van der Waals surface area contributed by atoms with E-state index in [0.717, 1.165) is 25.1 Å². The smallest absolute Gasteiger partial charge is 0.273 e. The van der Waals surface area contributed by atoms with E-state index in [1.165, 1.54) is 5.56 Å². The number of likely N-dealkylation sites (tertiary alicyclic amines) is 1. The van der Waals surface area contributed by atoms with E-state index in [0.29, 0.717) is 31.8 Å². The van der Waals surface area contributed by atoms with Gasteiger partial charge in [-0.3, -0.25) is 9.59 Å². The van der Waals surface area contributed by atoms with Gasteiger partial charge < -0.3 is 27.0 Å². The number of piperidine rings is 1. The van der Waals surface area contributed by atoms with Crippen LogP contribution in [0.1, 0.15) is 61.5 Å². The minimum Gasteiger partial charge on any atom is -0.364 e. The van der Waals surface area contributed by atoms with Crippen LogP contribution in [-0.2, 0) is 4.79 Å². The Labute approximate surface area is 188 Å². The number of aromatic nitrogens is 3. The first kappa shape index (κ1) is 23.4. The van der Waals surface area contributed by atoms with E-state index in [-0.39, 0.29) is 29.4 Å². The number of hydrogen-bond acceptors (Lipinski definition) is 8. The van der Waals surface area contributed by atoms with Gasteiger partial charge in [0.2, 0.25) is 11.9 Å². The van der Waals surface area contributed by atoms with Crippen molar-refractivity contribution in [2.45, 2.75) is 51.5 Å². The molecule has 2 amide bonds. The Morgan fingerprint density at radius 3 is 2.62 bits per heavy atom. The van der Waals surface area contributed by atoms with Crippen LogP contribution in [0.25, 0.3) is 0 Å². The number of nitrogens with two attached hydrogens (primary N) is 2. The number of carbonyl (C=O) groups is 2. The maximum Gasteiger partial charge on any atom is 0.273 e. The van der Waals surface area contributed by atoms with Crippen LogP contribution in [0.4, 0.5) is 17.5 Å². The first-order valence-corrected chi connectivity index (χ1v) is 11.0. The van der Waals surface area contributed by atoms with Crippen molar-refractivity contribution in [2.24, 2.45) is 11.5 Å². The van der Waals surface area contributed by atoms with Crippen LogP contribution in [0.3, 0.4) is 0 Å². The SMILES string of the molecule is CC(C)c1ccc(Nc2nc(NC3CCCN(C(=O)CCCN)C3)nnc2C(N)=O)cc1. The van der Waals surface area contributed by atoms with Crippen molar-refractivity contribution >= 4 is 29.3 Å². The zero-order valence-corrected chi connectivity index (χ0v) is 18.7. The second kappa shape index (κ2) is 10.9. The van der Waals surface area contributed by atoms with Crippen molar-refractivity contribution < 1.29 is 9.59 Å². The maximum absolute atomic E-state index is 12.3. The van der Waals surface area contributed by atoms with E-state index in [1.54, 1.807) is 0 Å². The molecule has 2 heterocycles. The van der Waals surface area contributed by atoms with Gasteiger partial charge in [0, 0.05) is 31.2 Å². The molecule has 6 N–H and O–H groups in total. The zero-order valence-electron chi connectivity index (χ0n) is 18.7. The van der Waals surface area contributed by atoms with Crippen molar-refractivity contribution in [1.29, 1.82) is 0 Å². The molecule has 0 saturated carbocycles. The lowest BCUT2D eigenvalue weighted by atomic mass is 10.0. The van der Waals surface area contributed by atoms with Crippen LogP contribution in [0.15, 0.2) is 24.3 Å². The third kappa shape index (κ3) is 6.13. The van der Waals surface area contributed by atoms with Crippen molar-refractivity contribution in [3.63, 3.8) is 0 Å². The summed E-state index contributed by atoms with van der Waals surface area (Å²) in [6, 6.07) is 7.86. The van der Waals surface area contributed by atoms with Crippen molar-refractivity contribution in [2.75, 3.05) is 30.3 Å². The number of hydrogen-bond donors (Lipinski definition) is 4. The van der Waals surface area contributed by atoms with Crippen LogP contribution >= 0.6 is 0 Å². The predicted molar refractivity (Wildman–Crippen MR) is 124 cm³/mol. The lowest BCUT2D eigenvalue weighted by molar-refractivity contribution is -0.132. The summed E-state index contributed by atoms with van der Waals surface area (Å²) in [6.45, 7) is 6.05. The average Bonchev–Trinajstić information content (AvgIpc) is 2.78. The molecule has 10 nitrogen and oxygen atoms in total. The molecule has 1 unspecified atom stereocenters. The van der Waals surface area contributed by atoms with Gasteiger partial charge in [0.25, 0.3) is 5.91 Å². The number of amides is 2. The molecule has 2 aromatic rings. The summed E-state index contributed by atoms with van der Waals surface area (Å²) < 4.78 is 0. The first-order valence-electron chi connectivity index (χ1n) is 11.0. The van der Waals surface area contributed by atoms with Crippen LogP contribution in [0.5, 0.6) is 0 Å². The Morgan fingerprint density at radius 2 is 1.97 bits per heavy atom. The molecule has 3 rings (SSSR count). The quantitative estimate of drug-likeness (QED) is 0.462. The minimum absolute atomic E-state index is 0.00928. The van der Waals surface area contributed by atoms with Gasteiger partial charge in [-0.05, 0) is 49.4 Å². The van der Waals surface area contributed by atoms with E-state index in [9.17, 15) is 9.59 Å². The fraction of sp³-hybridized carbons (Fsp3) is 0.500. The Morgan fingerprint density at radius 1 is 1.22 bits per heavy atom. The van der Waals surface area contributed by atoms with Gasteiger partial charge in [-0.2, -0.15) is 4.98 Å². The first-order chi connectivity index (χ1) is 15.4. The second-order valence-electron chi connectivity index (χ2n) is 8.31. The second-order valence-corrected chi connectivity index (χ2v) is 8.31. The highest BCUT2D eigenvalue weighted by Gasteiger charge is 2.24. The molecular formula is C22H32N8O2. The zero-order chi connectivity index (χ0) is 23.1. The Balaban J connectivity index is 1.72. The number of carbonyl (C=O) groups excluding carboxylic acids is 2. The van der Waals surface area contributed by atoms with Gasteiger partial charge in [0.05, 0.1) is 0 Å². The number of benzene rings is 1. The van der Waals surface area contributed by atoms with E-state index in [2.05, 4.69) is 39.7 Å². The summed E-state index contributed by atoms with van der Waals surface area (Å²) in [5, 5.41) is 14.4. The topological polar surface area (TPSA) is 152 Å². The lowest BCUT2D eigenvalue weighted by Crippen LogP contribution is -2.45. The molecule has 32 heavy (non-hydrogen) atoms. The Bertz CT molecular complexity index is 932. The molecule has 1 aliphatic heterocycles. The van der Waals surface area contributed by atoms with Crippen molar-refractivity contribution in [3.8, 4) is 0 Å². The minimum atomic E-state index is -0.716. The molecule has 10 heteroatoms. The summed E-state index contributed by atoms with van der Waals surface area (Å²) in [6.07, 6.45) is 2.90. The highest BCUT2D eigenvalue weighted by Crippen LogP contribution is 2.22. The molecule has 1 aromatic carbocycles. The number of nitrogens with zero attached hydrogens (tertiary/aromatic N) is 4. The number of nitrogens with one attached hydrogen (secondary N) is 2. The molecule has 0 aliphatic carbocycles. The van der Waals surface area contributed by atoms with Crippen molar-refractivity contribution in [3.05, 3.63) is 35.5 Å². The fourth-order valence-electron chi connectivity index (χ4n) is 3.64. The van der Waals surface area contributed by atoms with Gasteiger partial charge in [-0.15, -0.1) is 10.2 Å². The summed E-state index contributed by atoms with van der Waals surface area (Å²) in [7, 11) is 0. The molecule has 1 saturated heterocycles. The summed E-state index contributed by atoms with van der Waals surface area (Å²) >= 11 is 0. The highest BCUT2D eigenvalue weighted by atomic mass is 16.2. The number of anilines is 3. The standard InChI is InChI=1S/C22H32N8O2/c1-14(2)15-7-9-16(10-8-15)25-21-19(20(24)32)28-29-22(27-21)26-17-5-4-12-30(13-17)18(31)6-3-11-23/h7-10,14,17H,3-6,11-13,23H2,1-2H3,(H2,24,32)(H2,25,26,27,29). The van der Waals surface area contributed by atoms with Gasteiger partial charge in [0.1, 0.15) is 0 Å². The molecule has 0 spiro atoms. The van der Waals surface area contributed by atoms with Crippen LogP contribution in [-0.4, -0.2) is 57.6 Å². The van der Waals surface area contributed by atoms with E-state index in [4.69, 9.17) is 11.5 Å². The third-order valence-electron chi connectivity index (χ3n) is 5.46. The molecule has 1 fully saturated rings.